The SMILES string of the molecule is CN1CCN(c2cc(NCCc3ccc(F)cc3)nc(-c3ccccc3)n2)CC1. The van der Waals surface area contributed by atoms with Crippen molar-refractivity contribution < 1.29 is 4.39 Å². The first-order chi connectivity index (χ1) is 14.2. The van der Waals surface area contributed by atoms with Crippen molar-refractivity contribution in [2.45, 2.75) is 6.42 Å². The Kier molecular flexibility index (Phi) is 6.00. The monoisotopic (exact) mass is 391 g/mol. The third-order valence-electron chi connectivity index (χ3n) is 5.20. The fraction of sp³-hybridized carbons (Fsp3) is 0.304. The molecule has 0 amide bonds. The maximum atomic E-state index is 13.1. The van der Waals surface area contributed by atoms with Crippen LogP contribution >= 0.6 is 0 Å². The summed E-state index contributed by atoms with van der Waals surface area (Å²) in [4.78, 5) is 14.2. The second-order valence-electron chi connectivity index (χ2n) is 7.39. The molecule has 1 saturated heterocycles. The molecule has 1 aliphatic heterocycles. The van der Waals surface area contributed by atoms with Gasteiger partial charge in [0.25, 0.3) is 0 Å². The van der Waals surface area contributed by atoms with Gasteiger partial charge in [-0.05, 0) is 31.2 Å². The summed E-state index contributed by atoms with van der Waals surface area (Å²) in [5.41, 5.74) is 2.10. The van der Waals surface area contributed by atoms with Gasteiger partial charge in [-0.2, -0.15) is 0 Å². The Balaban J connectivity index is 1.53. The topological polar surface area (TPSA) is 44.3 Å². The van der Waals surface area contributed by atoms with Crippen molar-refractivity contribution >= 4 is 11.6 Å². The predicted octanol–water partition coefficient (Wildman–Crippen LogP) is 3.69. The quantitative estimate of drug-likeness (QED) is 0.694. The van der Waals surface area contributed by atoms with Gasteiger partial charge in [0.2, 0.25) is 0 Å². The van der Waals surface area contributed by atoms with E-state index in [2.05, 4.69) is 22.2 Å². The van der Waals surface area contributed by atoms with Crippen LogP contribution in [0.2, 0.25) is 0 Å². The van der Waals surface area contributed by atoms with Crippen LogP contribution in [0.15, 0.2) is 60.7 Å². The molecule has 0 bridgehead atoms. The molecule has 29 heavy (non-hydrogen) atoms. The number of aromatic nitrogens is 2. The van der Waals surface area contributed by atoms with E-state index in [0.29, 0.717) is 0 Å². The summed E-state index contributed by atoms with van der Waals surface area (Å²) in [7, 11) is 2.15. The number of rotatable bonds is 6. The first kappa shape index (κ1) is 19.3. The minimum Gasteiger partial charge on any atom is -0.370 e. The molecule has 1 N–H and O–H groups in total. The molecule has 0 radical (unpaired) electrons. The van der Waals surface area contributed by atoms with E-state index in [9.17, 15) is 4.39 Å². The number of halogens is 1. The van der Waals surface area contributed by atoms with E-state index >= 15 is 0 Å². The van der Waals surface area contributed by atoms with Gasteiger partial charge in [-0.15, -0.1) is 0 Å². The second kappa shape index (κ2) is 9.01. The fourth-order valence-corrected chi connectivity index (χ4v) is 3.42. The summed E-state index contributed by atoms with van der Waals surface area (Å²) in [6.45, 7) is 4.68. The number of anilines is 2. The summed E-state index contributed by atoms with van der Waals surface area (Å²) in [6.07, 6.45) is 0.800. The lowest BCUT2D eigenvalue weighted by Crippen LogP contribution is -2.44. The molecular weight excluding hydrogens is 365 g/mol. The average Bonchev–Trinajstić information content (AvgIpc) is 2.76. The van der Waals surface area contributed by atoms with Gasteiger partial charge in [0, 0.05) is 44.4 Å². The maximum absolute atomic E-state index is 13.1. The molecule has 3 aromatic rings. The van der Waals surface area contributed by atoms with Crippen LogP contribution in [0.1, 0.15) is 5.56 Å². The Morgan fingerprint density at radius 3 is 2.38 bits per heavy atom. The van der Waals surface area contributed by atoms with Gasteiger partial charge >= 0.3 is 0 Å². The van der Waals surface area contributed by atoms with E-state index < -0.39 is 0 Å². The minimum atomic E-state index is -0.207. The van der Waals surface area contributed by atoms with Gasteiger partial charge in [0.15, 0.2) is 5.82 Å². The molecule has 1 fully saturated rings. The summed E-state index contributed by atoms with van der Waals surface area (Å²) >= 11 is 0. The molecule has 0 atom stereocenters. The smallest absolute Gasteiger partial charge is 0.163 e. The first-order valence-electron chi connectivity index (χ1n) is 10.0. The van der Waals surface area contributed by atoms with Crippen molar-refractivity contribution in [1.82, 2.24) is 14.9 Å². The molecule has 0 aliphatic carbocycles. The molecule has 2 heterocycles. The van der Waals surface area contributed by atoms with Crippen LogP contribution in [-0.4, -0.2) is 54.6 Å². The highest BCUT2D eigenvalue weighted by atomic mass is 19.1. The van der Waals surface area contributed by atoms with Gasteiger partial charge in [0.1, 0.15) is 17.5 Å². The van der Waals surface area contributed by atoms with Crippen LogP contribution < -0.4 is 10.2 Å². The first-order valence-corrected chi connectivity index (χ1v) is 10.0. The molecule has 1 aliphatic rings. The van der Waals surface area contributed by atoms with E-state index in [1.54, 1.807) is 0 Å². The van der Waals surface area contributed by atoms with Crippen molar-refractivity contribution in [3.63, 3.8) is 0 Å². The van der Waals surface area contributed by atoms with E-state index in [1.165, 1.54) is 12.1 Å². The summed E-state index contributed by atoms with van der Waals surface area (Å²) < 4.78 is 13.1. The fourth-order valence-electron chi connectivity index (χ4n) is 3.42. The molecule has 0 unspecified atom stereocenters. The summed E-state index contributed by atoms with van der Waals surface area (Å²) in [6, 6.07) is 18.7. The lowest BCUT2D eigenvalue weighted by atomic mass is 10.1. The molecule has 0 spiro atoms. The van der Waals surface area contributed by atoms with E-state index in [-0.39, 0.29) is 5.82 Å². The number of benzene rings is 2. The minimum absolute atomic E-state index is 0.207. The number of nitrogens with one attached hydrogen (secondary N) is 1. The lowest BCUT2D eigenvalue weighted by Gasteiger charge is -2.33. The highest BCUT2D eigenvalue weighted by Crippen LogP contribution is 2.23. The van der Waals surface area contributed by atoms with Crippen molar-refractivity contribution in [3.05, 3.63) is 72.0 Å². The molecule has 0 saturated carbocycles. The maximum Gasteiger partial charge on any atom is 0.163 e. The van der Waals surface area contributed by atoms with Gasteiger partial charge in [-0.1, -0.05) is 42.5 Å². The molecule has 2 aromatic carbocycles. The predicted molar refractivity (Wildman–Crippen MR) is 116 cm³/mol. The molecular formula is C23H26FN5. The number of likely N-dealkylation sites (N-methyl/N-ethyl adjacent to an activating group) is 1. The van der Waals surface area contributed by atoms with Gasteiger partial charge in [-0.25, -0.2) is 14.4 Å². The standard InChI is InChI=1S/C23H26FN5/c1-28-13-15-29(16-14-28)22-17-21(25-12-11-18-7-9-20(24)10-8-18)26-23(27-22)19-5-3-2-4-6-19/h2-10,17H,11-16H2,1H3,(H,25,26,27). The highest BCUT2D eigenvalue weighted by Gasteiger charge is 2.17. The molecule has 1 aromatic heterocycles. The molecule has 5 nitrogen and oxygen atoms in total. The normalized spacial score (nSPS) is 14.8. The van der Waals surface area contributed by atoms with Gasteiger partial charge in [0.05, 0.1) is 0 Å². The van der Waals surface area contributed by atoms with Crippen LogP contribution in [-0.2, 0) is 6.42 Å². The number of nitrogens with zero attached hydrogens (tertiary/aromatic N) is 4. The van der Waals surface area contributed by atoms with Crippen LogP contribution in [0.4, 0.5) is 16.0 Å². The Hall–Kier alpha value is -2.99. The molecule has 6 heteroatoms. The highest BCUT2D eigenvalue weighted by molar-refractivity contribution is 5.61. The van der Waals surface area contributed by atoms with Crippen molar-refractivity contribution in [1.29, 1.82) is 0 Å². The van der Waals surface area contributed by atoms with E-state index in [1.807, 2.05) is 48.5 Å². The zero-order chi connectivity index (χ0) is 20.1. The van der Waals surface area contributed by atoms with Crippen molar-refractivity contribution in [2.75, 3.05) is 50.0 Å². The Labute approximate surface area is 171 Å². The summed E-state index contributed by atoms with van der Waals surface area (Å²) in [5, 5.41) is 3.42. The third kappa shape index (κ3) is 5.09. The second-order valence-corrected chi connectivity index (χ2v) is 7.39. The Morgan fingerprint density at radius 2 is 1.66 bits per heavy atom. The third-order valence-corrected chi connectivity index (χ3v) is 5.20. The van der Waals surface area contributed by atoms with Gasteiger partial charge in [-0.3, -0.25) is 0 Å². The summed E-state index contributed by atoms with van der Waals surface area (Å²) in [5.74, 6) is 2.29. The van der Waals surface area contributed by atoms with E-state index in [4.69, 9.17) is 9.97 Å². The molecule has 4 rings (SSSR count). The van der Waals surface area contributed by atoms with Crippen molar-refractivity contribution in [3.8, 4) is 11.4 Å². The largest absolute Gasteiger partial charge is 0.370 e. The van der Waals surface area contributed by atoms with Crippen LogP contribution in [0.25, 0.3) is 11.4 Å². The van der Waals surface area contributed by atoms with Crippen LogP contribution in [0.3, 0.4) is 0 Å². The van der Waals surface area contributed by atoms with Crippen LogP contribution in [0, 0.1) is 5.82 Å². The lowest BCUT2D eigenvalue weighted by molar-refractivity contribution is 0.312. The average molecular weight is 391 g/mol. The zero-order valence-corrected chi connectivity index (χ0v) is 16.7. The van der Waals surface area contributed by atoms with Crippen LogP contribution in [0.5, 0.6) is 0 Å². The number of hydrogen-bond acceptors (Lipinski definition) is 5. The van der Waals surface area contributed by atoms with Gasteiger partial charge < -0.3 is 15.1 Å². The molecule has 150 valence electrons. The number of hydrogen-bond donors (Lipinski definition) is 1. The Morgan fingerprint density at radius 1 is 0.931 bits per heavy atom. The zero-order valence-electron chi connectivity index (χ0n) is 16.7. The Bertz CT molecular complexity index is 922. The van der Waals surface area contributed by atoms with E-state index in [0.717, 1.165) is 67.7 Å². The number of piperazine rings is 1. The van der Waals surface area contributed by atoms with Crippen molar-refractivity contribution in [2.24, 2.45) is 0 Å².